The van der Waals surface area contributed by atoms with E-state index >= 15 is 0 Å². The van der Waals surface area contributed by atoms with Crippen LogP contribution in [0.3, 0.4) is 0 Å². The first kappa shape index (κ1) is 14.9. The highest BCUT2D eigenvalue weighted by Gasteiger charge is 2.16. The lowest BCUT2D eigenvalue weighted by Crippen LogP contribution is -2.39. The molecule has 1 rings (SSSR count). The van der Waals surface area contributed by atoms with Gasteiger partial charge in [0.15, 0.2) is 0 Å². The van der Waals surface area contributed by atoms with Gasteiger partial charge in [0.25, 0.3) is 5.91 Å². The Bertz CT molecular complexity index is 408. The molecule has 1 amide bonds. The van der Waals surface area contributed by atoms with Gasteiger partial charge >= 0.3 is 0 Å². The van der Waals surface area contributed by atoms with Gasteiger partial charge in [-0.2, -0.15) is 0 Å². The lowest BCUT2D eigenvalue weighted by atomic mass is 10.1. The average molecular weight is 273 g/mol. The van der Waals surface area contributed by atoms with Crippen molar-refractivity contribution in [2.45, 2.75) is 17.4 Å². The molecule has 2 N–H and O–H groups in total. The van der Waals surface area contributed by atoms with Gasteiger partial charge < -0.3 is 15.2 Å². The van der Waals surface area contributed by atoms with Crippen LogP contribution in [0.5, 0.6) is 0 Å². The van der Waals surface area contributed by atoms with Gasteiger partial charge in [0.2, 0.25) is 0 Å². The van der Waals surface area contributed by atoms with E-state index in [1.807, 2.05) is 0 Å². The van der Waals surface area contributed by atoms with Crippen LogP contribution >= 0.6 is 12.6 Å². The molecule has 0 radical (unpaired) electrons. The molecule has 100 valence electrons. The summed E-state index contributed by atoms with van der Waals surface area (Å²) in [5.74, 6) is -1.15. The van der Waals surface area contributed by atoms with Gasteiger partial charge in [0.1, 0.15) is 5.82 Å². The van der Waals surface area contributed by atoms with Crippen LogP contribution in [-0.4, -0.2) is 37.4 Å². The summed E-state index contributed by atoms with van der Waals surface area (Å²) in [5.41, 5.74) is -0.0680. The molecule has 0 fully saturated rings. The van der Waals surface area contributed by atoms with Crippen molar-refractivity contribution in [3.8, 4) is 0 Å². The van der Waals surface area contributed by atoms with Crippen LogP contribution in [0.15, 0.2) is 23.1 Å². The molecule has 18 heavy (non-hydrogen) atoms. The molecule has 0 saturated carbocycles. The Hall–Kier alpha value is -1.11. The van der Waals surface area contributed by atoms with Gasteiger partial charge in [-0.1, -0.05) is 0 Å². The number of carbonyl (C=O) groups is 1. The molecule has 4 nitrogen and oxygen atoms in total. The number of benzene rings is 1. The van der Waals surface area contributed by atoms with E-state index in [9.17, 15) is 9.18 Å². The summed E-state index contributed by atoms with van der Waals surface area (Å²) in [6.07, 6.45) is 0.349. The Morgan fingerprint density at radius 3 is 2.94 bits per heavy atom. The third-order valence-corrected chi connectivity index (χ3v) is 2.65. The quantitative estimate of drug-likeness (QED) is 0.684. The topological polar surface area (TPSA) is 58.6 Å². The van der Waals surface area contributed by atoms with E-state index in [0.29, 0.717) is 11.3 Å². The van der Waals surface area contributed by atoms with Crippen molar-refractivity contribution in [3.05, 3.63) is 29.6 Å². The smallest absolute Gasteiger partial charge is 0.254 e. The maximum atomic E-state index is 13.5. The van der Waals surface area contributed by atoms with E-state index in [4.69, 9.17) is 9.84 Å². The summed E-state index contributed by atoms with van der Waals surface area (Å²) < 4.78 is 18.4. The van der Waals surface area contributed by atoms with Crippen LogP contribution in [0.4, 0.5) is 4.39 Å². The number of aliphatic hydroxyl groups excluding tert-OH is 1. The van der Waals surface area contributed by atoms with Crippen molar-refractivity contribution in [3.63, 3.8) is 0 Å². The fourth-order valence-corrected chi connectivity index (χ4v) is 1.71. The van der Waals surface area contributed by atoms with Crippen LogP contribution in [0.1, 0.15) is 16.8 Å². The van der Waals surface area contributed by atoms with E-state index in [1.54, 1.807) is 0 Å². The average Bonchev–Trinajstić information content (AvgIpc) is 2.33. The van der Waals surface area contributed by atoms with E-state index in [0.717, 1.165) is 0 Å². The maximum Gasteiger partial charge on any atom is 0.254 e. The summed E-state index contributed by atoms with van der Waals surface area (Å²) in [6.45, 7) is 0.178. The number of rotatable bonds is 6. The van der Waals surface area contributed by atoms with Crippen molar-refractivity contribution >= 4 is 18.5 Å². The molecule has 1 atom stereocenters. The molecule has 1 aromatic carbocycles. The number of thiol groups is 1. The lowest BCUT2D eigenvalue weighted by molar-refractivity contribution is 0.0874. The predicted octanol–water partition coefficient (Wildman–Crippen LogP) is 1.24. The van der Waals surface area contributed by atoms with Crippen molar-refractivity contribution in [1.29, 1.82) is 0 Å². The summed E-state index contributed by atoms with van der Waals surface area (Å²) in [5, 5.41) is 11.5. The predicted molar refractivity (Wildman–Crippen MR) is 68.5 cm³/mol. The van der Waals surface area contributed by atoms with Crippen LogP contribution in [0.25, 0.3) is 0 Å². The van der Waals surface area contributed by atoms with Gasteiger partial charge in [-0.15, -0.1) is 12.6 Å². The first-order valence-electron chi connectivity index (χ1n) is 5.47. The zero-order valence-electron chi connectivity index (χ0n) is 10.0. The first-order chi connectivity index (χ1) is 8.58. The second-order valence-electron chi connectivity index (χ2n) is 3.80. The fraction of sp³-hybridized carbons (Fsp3) is 0.417. The monoisotopic (exact) mass is 273 g/mol. The van der Waals surface area contributed by atoms with E-state index < -0.39 is 11.7 Å². The van der Waals surface area contributed by atoms with Crippen molar-refractivity contribution < 1.29 is 19.0 Å². The number of aliphatic hydroxyl groups is 1. The SMILES string of the molecule is COCC(CCO)NC(=O)c1cc(S)ccc1F. The Labute approximate surface area is 111 Å². The second kappa shape index (κ2) is 7.35. The summed E-state index contributed by atoms with van der Waals surface area (Å²) in [6, 6.07) is 3.66. The number of amides is 1. The number of nitrogens with one attached hydrogen (secondary N) is 1. The van der Waals surface area contributed by atoms with E-state index in [2.05, 4.69) is 17.9 Å². The summed E-state index contributed by atoms with van der Waals surface area (Å²) >= 11 is 4.06. The van der Waals surface area contributed by atoms with Gasteiger partial charge in [-0.25, -0.2) is 4.39 Å². The standard InChI is InChI=1S/C12H16FNO3S/c1-17-7-8(4-5-15)14-12(16)10-6-9(18)2-3-11(10)13/h2-3,6,8,15,18H,4-5,7H2,1H3,(H,14,16). The van der Waals surface area contributed by atoms with Crippen molar-refractivity contribution in [2.75, 3.05) is 20.3 Å². The minimum absolute atomic E-state index is 0.0680. The van der Waals surface area contributed by atoms with Crippen molar-refractivity contribution in [1.82, 2.24) is 5.32 Å². The zero-order valence-corrected chi connectivity index (χ0v) is 10.9. The van der Waals surface area contributed by atoms with Crippen LogP contribution < -0.4 is 5.32 Å². The minimum Gasteiger partial charge on any atom is -0.396 e. The molecule has 1 unspecified atom stereocenters. The number of hydrogen-bond acceptors (Lipinski definition) is 4. The third kappa shape index (κ3) is 4.29. The first-order valence-corrected chi connectivity index (χ1v) is 5.92. The molecule has 0 saturated heterocycles. The number of ether oxygens (including phenoxy) is 1. The van der Waals surface area contributed by atoms with Gasteiger partial charge in [0.05, 0.1) is 18.2 Å². The van der Waals surface area contributed by atoms with Gasteiger partial charge in [-0.05, 0) is 24.6 Å². The van der Waals surface area contributed by atoms with Gasteiger partial charge in [0, 0.05) is 18.6 Å². The molecule has 0 aliphatic rings. The highest BCUT2D eigenvalue weighted by Crippen LogP contribution is 2.13. The molecule has 0 spiro atoms. The number of methoxy groups -OCH3 is 1. The number of hydrogen-bond donors (Lipinski definition) is 3. The second-order valence-corrected chi connectivity index (χ2v) is 4.32. The highest BCUT2D eigenvalue weighted by atomic mass is 32.1. The molecule has 0 aliphatic carbocycles. The maximum absolute atomic E-state index is 13.5. The molecular weight excluding hydrogens is 257 g/mol. The normalized spacial score (nSPS) is 12.2. The Morgan fingerprint density at radius 1 is 1.61 bits per heavy atom. The van der Waals surface area contributed by atoms with Crippen molar-refractivity contribution in [2.24, 2.45) is 0 Å². The summed E-state index contributed by atoms with van der Waals surface area (Å²) in [7, 11) is 1.49. The molecule has 0 aliphatic heterocycles. The number of halogens is 1. The third-order valence-electron chi connectivity index (χ3n) is 2.38. The molecule has 1 aromatic rings. The zero-order chi connectivity index (χ0) is 13.5. The molecule has 0 bridgehead atoms. The Balaban J connectivity index is 2.76. The number of carbonyl (C=O) groups excluding carboxylic acids is 1. The van der Waals surface area contributed by atoms with E-state index in [1.165, 1.54) is 25.3 Å². The summed E-state index contributed by atoms with van der Waals surface area (Å²) in [4.78, 5) is 12.4. The minimum atomic E-state index is -0.606. The van der Waals surface area contributed by atoms with Gasteiger partial charge in [-0.3, -0.25) is 4.79 Å². The van der Waals surface area contributed by atoms with Crippen LogP contribution in [0.2, 0.25) is 0 Å². The Morgan fingerprint density at radius 2 is 2.33 bits per heavy atom. The largest absolute Gasteiger partial charge is 0.396 e. The van der Waals surface area contributed by atoms with Crippen LogP contribution in [-0.2, 0) is 4.74 Å². The molecule has 0 aromatic heterocycles. The lowest BCUT2D eigenvalue weighted by Gasteiger charge is -2.17. The highest BCUT2D eigenvalue weighted by molar-refractivity contribution is 7.80. The fourth-order valence-electron chi connectivity index (χ4n) is 1.50. The molecular formula is C12H16FNO3S. The van der Waals surface area contributed by atoms with Crippen LogP contribution in [0, 0.1) is 5.82 Å². The Kier molecular flexibility index (Phi) is 6.11. The van der Waals surface area contributed by atoms with E-state index in [-0.39, 0.29) is 24.8 Å². The molecule has 6 heteroatoms. The molecule has 0 heterocycles.